The van der Waals surface area contributed by atoms with Gasteiger partial charge in [-0.1, -0.05) is 18.9 Å². The maximum Gasteiger partial charge on any atom is 0.272 e. The molecule has 4 heteroatoms. The number of hydrogen-bond acceptors (Lipinski definition) is 2. The van der Waals surface area contributed by atoms with Gasteiger partial charge in [0.05, 0.1) is 0 Å². The summed E-state index contributed by atoms with van der Waals surface area (Å²) < 4.78 is 0.729. The molecule has 96 valence electrons. The van der Waals surface area contributed by atoms with Crippen LogP contribution >= 0.6 is 15.9 Å². The van der Waals surface area contributed by atoms with Crippen LogP contribution in [-0.4, -0.2) is 28.4 Å². The van der Waals surface area contributed by atoms with E-state index in [1.165, 1.54) is 32.1 Å². The highest BCUT2D eigenvalue weighted by Gasteiger charge is 2.38. The number of hydrogen-bond donors (Lipinski definition) is 0. The van der Waals surface area contributed by atoms with Crippen LogP contribution in [0.3, 0.4) is 0 Å². The average Bonchev–Trinajstić information content (AvgIpc) is 2.82. The lowest BCUT2D eigenvalue weighted by Crippen LogP contribution is -2.39. The zero-order chi connectivity index (χ0) is 12.5. The zero-order valence-corrected chi connectivity index (χ0v) is 11.9. The van der Waals surface area contributed by atoms with Crippen molar-refractivity contribution in [3.8, 4) is 0 Å². The van der Waals surface area contributed by atoms with Gasteiger partial charge in [0.2, 0.25) is 0 Å². The van der Waals surface area contributed by atoms with Gasteiger partial charge >= 0.3 is 0 Å². The van der Waals surface area contributed by atoms with E-state index >= 15 is 0 Å². The van der Waals surface area contributed by atoms with Crippen LogP contribution in [0.2, 0.25) is 0 Å². The Balaban J connectivity index is 1.80. The fraction of sp³-hybridized carbons (Fsp3) is 0.571. The molecule has 3 nitrogen and oxygen atoms in total. The Morgan fingerprint density at radius 2 is 2.11 bits per heavy atom. The molecule has 0 aromatic carbocycles. The normalized spacial score (nSPS) is 27.1. The van der Waals surface area contributed by atoms with Crippen LogP contribution in [0.25, 0.3) is 0 Å². The van der Waals surface area contributed by atoms with E-state index in [0.717, 1.165) is 17.1 Å². The molecule has 1 amide bonds. The monoisotopic (exact) mass is 308 g/mol. The van der Waals surface area contributed by atoms with Gasteiger partial charge in [-0.05, 0) is 53.2 Å². The van der Waals surface area contributed by atoms with Crippen LogP contribution in [0, 0.1) is 5.92 Å². The van der Waals surface area contributed by atoms with E-state index in [9.17, 15) is 4.79 Å². The standard InChI is InChI=1S/C14H17BrN2O/c15-13-7-3-5-11(16-13)14(18)17-9-8-10-4-1-2-6-12(10)17/h3,5,7,10,12H,1-2,4,6,8-9H2. The second-order valence-corrected chi connectivity index (χ2v) is 6.06. The van der Waals surface area contributed by atoms with Crippen molar-refractivity contribution in [2.75, 3.05) is 6.54 Å². The quantitative estimate of drug-likeness (QED) is 0.746. The maximum atomic E-state index is 12.5. The Morgan fingerprint density at radius 1 is 1.28 bits per heavy atom. The van der Waals surface area contributed by atoms with E-state index in [2.05, 4.69) is 25.8 Å². The van der Waals surface area contributed by atoms with E-state index in [-0.39, 0.29) is 5.91 Å². The molecule has 0 N–H and O–H groups in total. The van der Waals surface area contributed by atoms with Crippen molar-refractivity contribution < 1.29 is 4.79 Å². The molecule has 1 saturated carbocycles. The van der Waals surface area contributed by atoms with E-state index in [1.807, 2.05) is 18.2 Å². The molecule has 2 fully saturated rings. The Hall–Kier alpha value is -0.900. The van der Waals surface area contributed by atoms with Crippen LogP contribution < -0.4 is 0 Å². The molecule has 0 spiro atoms. The Morgan fingerprint density at radius 3 is 2.94 bits per heavy atom. The first-order chi connectivity index (χ1) is 8.75. The molecule has 0 bridgehead atoms. The van der Waals surface area contributed by atoms with Gasteiger partial charge in [0, 0.05) is 12.6 Å². The van der Waals surface area contributed by atoms with E-state index < -0.39 is 0 Å². The summed E-state index contributed by atoms with van der Waals surface area (Å²) in [5, 5.41) is 0. The number of halogens is 1. The number of pyridine rings is 1. The Labute approximate surface area is 116 Å². The summed E-state index contributed by atoms with van der Waals surface area (Å²) in [5.74, 6) is 0.834. The Bertz CT molecular complexity index is 463. The molecule has 2 aliphatic rings. The molecule has 1 aliphatic carbocycles. The van der Waals surface area contributed by atoms with Gasteiger partial charge in [0.1, 0.15) is 10.3 Å². The van der Waals surface area contributed by atoms with Gasteiger partial charge in [-0.15, -0.1) is 0 Å². The van der Waals surface area contributed by atoms with Crippen LogP contribution in [0.1, 0.15) is 42.6 Å². The minimum atomic E-state index is 0.103. The summed E-state index contributed by atoms with van der Waals surface area (Å²) in [6, 6.07) is 6.00. The van der Waals surface area contributed by atoms with Crippen molar-refractivity contribution in [1.29, 1.82) is 0 Å². The maximum absolute atomic E-state index is 12.5. The number of carbonyl (C=O) groups excluding carboxylic acids is 1. The van der Waals surface area contributed by atoms with Crippen molar-refractivity contribution in [2.24, 2.45) is 5.92 Å². The molecule has 2 unspecified atom stereocenters. The van der Waals surface area contributed by atoms with Crippen LogP contribution in [0.4, 0.5) is 0 Å². The van der Waals surface area contributed by atoms with Gasteiger partial charge in [-0.25, -0.2) is 4.98 Å². The number of nitrogens with zero attached hydrogens (tertiary/aromatic N) is 2. The largest absolute Gasteiger partial charge is 0.334 e. The first-order valence-corrected chi connectivity index (χ1v) is 7.48. The van der Waals surface area contributed by atoms with Crippen molar-refractivity contribution >= 4 is 21.8 Å². The summed E-state index contributed by atoms with van der Waals surface area (Å²) >= 11 is 3.33. The van der Waals surface area contributed by atoms with E-state index in [1.54, 1.807) is 0 Å². The first-order valence-electron chi connectivity index (χ1n) is 6.69. The van der Waals surface area contributed by atoms with Crippen molar-refractivity contribution in [2.45, 2.75) is 38.1 Å². The SMILES string of the molecule is O=C(c1cccc(Br)n1)N1CCC2CCCCC21. The molecule has 3 rings (SSSR count). The van der Waals surface area contributed by atoms with Crippen molar-refractivity contribution in [3.05, 3.63) is 28.5 Å². The number of likely N-dealkylation sites (tertiary alicyclic amines) is 1. The molecule has 2 atom stereocenters. The second kappa shape index (κ2) is 5.00. The highest BCUT2D eigenvalue weighted by molar-refractivity contribution is 9.10. The fourth-order valence-corrected chi connectivity index (χ4v) is 3.68. The summed E-state index contributed by atoms with van der Waals surface area (Å²) in [6.45, 7) is 0.905. The number of carbonyl (C=O) groups is 1. The molecule has 1 aliphatic heterocycles. The topological polar surface area (TPSA) is 33.2 Å². The minimum absolute atomic E-state index is 0.103. The second-order valence-electron chi connectivity index (χ2n) is 5.24. The third kappa shape index (κ3) is 2.18. The third-order valence-electron chi connectivity index (χ3n) is 4.21. The molecule has 2 heterocycles. The highest BCUT2D eigenvalue weighted by atomic mass is 79.9. The molecule has 18 heavy (non-hydrogen) atoms. The van der Waals surface area contributed by atoms with Gasteiger partial charge < -0.3 is 4.90 Å². The molecular weight excluding hydrogens is 292 g/mol. The van der Waals surface area contributed by atoms with E-state index in [0.29, 0.717) is 11.7 Å². The molecule has 1 aromatic heterocycles. The smallest absolute Gasteiger partial charge is 0.272 e. The van der Waals surface area contributed by atoms with Crippen molar-refractivity contribution in [1.82, 2.24) is 9.88 Å². The summed E-state index contributed by atoms with van der Waals surface area (Å²) in [7, 11) is 0. The van der Waals surface area contributed by atoms with Gasteiger partial charge in [0.25, 0.3) is 5.91 Å². The number of fused-ring (bicyclic) bond motifs is 1. The average molecular weight is 309 g/mol. The zero-order valence-electron chi connectivity index (χ0n) is 10.3. The summed E-state index contributed by atoms with van der Waals surface area (Å²) in [4.78, 5) is 18.8. The molecule has 1 saturated heterocycles. The van der Waals surface area contributed by atoms with E-state index in [4.69, 9.17) is 0 Å². The van der Waals surface area contributed by atoms with Crippen LogP contribution in [-0.2, 0) is 0 Å². The van der Waals surface area contributed by atoms with Gasteiger partial charge in [-0.2, -0.15) is 0 Å². The van der Waals surface area contributed by atoms with Crippen LogP contribution in [0.15, 0.2) is 22.8 Å². The summed E-state index contributed by atoms with van der Waals surface area (Å²) in [6.07, 6.45) is 6.23. The lowest BCUT2D eigenvalue weighted by Gasteiger charge is -2.31. The lowest BCUT2D eigenvalue weighted by molar-refractivity contribution is 0.0684. The molecule has 1 aromatic rings. The number of rotatable bonds is 1. The predicted octanol–water partition coefficient (Wildman–Crippen LogP) is 3.25. The summed E-state index contributed by atoms with van der Waals surface area (Å²) in [5.41, 5.74) is 0.565. The first kappa shape index (κ1) is 12.2. The predicted molar refractivity (Wildman–Crippen MR) is 73.3 cm³/mol. The van der Waals surface area contributed by atoms with Gasteiger partial charge in [-0.3, -0.25) is 4.79 Å². The minimum Gasteiger partial charge on any atom is -0.334 e. The van der Waals surface area contributed by atoms with Gasteiger partial charge in [0.15, 0.2) is 0 Å². The lowest BCUT2D eigenvalue weighted by atomic mass is 9.85. The van der Waals surface area contributed by atoms with Crippen molar-refractivity contribution in [3.63, 3.8) is 0 Å². The molecular formula is C14H17BrN2O. The number of amides is 1. The Kier molecular flexibility index (Phi) is 3.37. The fourth-order valence-electron chi connectivity index (χ4n) is 3.33. The number of aromatic nitrogens is 1. The molecule has 0 radical (unpaired) electrons. The van der Waals surface area contributed by atoms with Crippen LogP contribution in [0.5, 0.6) is 0 Å². The highest BCUT2D eigenvalue weighted by Crippen LogP contribution is 2.36. The third-order valence-corrected chi connectivity index (χ3v) is 4.65.